The van der Waals surface area contributed by atoms with E-state index in [0.29, 0.717) is 16.5 Å². The molecule has 2 atom stereocenters. The molecular formula is C22H19ClN2O3S. The summed E-state index contributed by atoms with van der Waals surface area (Å²) in [5.74, 6) is 2.24. The van der Waals surface area contributed by atoms with Crippen molar-refractivity contribution in [2.24, 2.45) is 5.10 Å². The molecule has 3 heterocycles. The van der Waals surface area contributed by atoms with Gasteiger partial charge in [-0.3, -0.25) is 0 Å². The summed E-state index contributed by atoms with van der Waals surface area (Å²) in [5.41, 5.74) is 3.05. The molecular weight excluding hydrogens is 408 g/mol. The molecule has 148 valence electrons. The first-order chi connectivity index (χ1) is 14.2. The van der Waals surface area contributed by atoms with E-state index in [1.165, 1.54) is 0 Å². The van der Waals surface area contributed by atoms with Gasteiger partial charge >= 0.3 is 0 Å². The number of thiophene rings is 1. The van der Waals surface area contributed by atoms with Crippen molar-refractivity contribution in [2.75, 3.05) is 14.2 Å². The van der Waals surface area contributed by atoms with Gasteiger partial charge in [-0.15, -0.1) is 11.3 Å². The van der Waals surface area contributed by atoms with E-state index in [1.807, 2.05) is 42.5 Å². The minimum atomic E-state index is -0.258. The minimum Gasteiger partial charge on any atom is -0.493 e. The summed E-state index contributed by atoms with van der Waals surface area (Å²) in [4.78, 5) is 1.12. The largest absolute Gasteiger partial charge is 0.493 e. The molecule has 0 aliphatic carbocycles. The first-order valence-corrected chi connectivity index (χ1v) is 10.5. The van der Waals surface area contributed by atoms with Gasteiger partial charge in [0, 0.05) is 22.6 Å². The molecule has 5 rings (SSSR count). The van der Waals surface area contributed by atoms with Crippen LogP contribution in [0.4, 0.5) is 0 Å². The van der Waals surface area contributed by atoms with Crippen LogP contribution in [-0.2, 0) is 0 Å². The number of fused-ring (bicyclic) bond motifs is 3. The Balaban J connectivity index is 1.58. The topological polar surface area (TPSA) is 43.3 Å². The van der Waals surface area contributed by atoms with Gasteiger partial charge in [-0.25, -0.2) is 5.01 Å². The first-order valence-electron chi connectivity index (χ1n) is 9.25. The van der Waals surface area contributed by atoms with E-state index < -0.39 is 0 Å². The molecule has 0 N–H and O–H groups in total. The SMILES string of the molecule is COc1ccc(C2=NN3[C@@H](C2)c2cc(Cl)ccc2O[C@H]3c2cccs2)cc1OC. The lowest BCUT2D eigenvalue weighted by Gasteiger charge is -2.37. The van der Waals surface area contributed by atoms with Gasteiger partial charge in [0.1, 0.15) is 5.75 Å². The summed E-state index contributed by atoms with van der Waals surface area (Å²) in [5, 5.41) is 9.77. The van der Waals surface area contributed by atoms with Gasteiger partial charge in [0.2, 0.25) is 6.23 Å². The van der Waals surface area contributed by atoms with Crippen molar-refractivity contribution in [1.29, 1.82) is 0 Å². The standard InChI is InChI=1S/C22H19ClN2O3S/c1-26-19-7-5-13(10-20(19)27-2)16-12-17-15-11-14(23)6-8-18(15)28-22(25(17)24-16)21-4-3-9-29-21/h3-11,17,22H,12H2,1-2H3/t17-,22-/m0/s1. The maximum atomic E-state index is 6.34. The quantitative estimate of drug-likeness (QED) is 0.539. The average molecular weight is 427 g/mol. The summed E-state index contributed by atoms with van der Waals surface area (Å²) in [6.07, 6.45) is 0.500. The Morgan fingerprint density at radius 2 is 1.97 bits per heavy atom. The zero-order chi connectivity index (χ0) is 20.0. The third-order valence-corrected chi connectivity index (χ3v) is 6.39. The number of rotatable bonds is 4. The van der Waals surface area contributed by atoms with Crippen molar-refractivity contribution in [3.8, 4) is 17.2 Å². The maximum absolute atomic E-state index is 6.34. The molecule has 0 saturated heterocycles. The normalized spacial score (nSPS) is 19.8. The lowest BCUT2D eigenvalue weighted by molar-refractivity contribution is -0.0165. The van der Waals surface area contributed by atoms with Crippen molar-refractivity contribution in [3.63, 3.8) is 0 Å². The Morgan fingerprint density at radius 3 is 2.72 bits per heavy atom. The average Bonchev–Trinajstić information content (AvgIpc) is 3.43. The molecule has 0 spiro atoms. The van der Waals surface area contributed by atoms with Crippen LogP contribution >= 0.6 is 22.9 Å². The van der Waals surface area contributed by atoms with E-state index in [0.717, 1.165) is 33.9 Å². The molecule has 29 heavy (non-hydrogen) atoms. The Hall–Kier alpha value is -2.70. The lowest BCUT2D eigenvalue weighted by atomic mass is 9.96. The van der Waals surface area contributed by atoms with Crippen LogP contribution in [0.2, 0.25) is 5.02 Å². The van der Waals surface area contributed by atoms with E-state index in [4.69, 9.17) is 30.9 Å². The van der Waals surface area contributed by atoms with E-state index in [1.54, 1.807) is 25.6 Å². The summed E-state index contributed by atoms with van der Waals surface area (Å²) >= 11 is 7.96. The molecule has 2 aliphatic rings. The van der Waals surface area contributed by atoms with Crippen LogP contribution in [0, 0.1) is 0 Å². The summed E-state index contributed by atoms with van der Waals surface area (Å²) in [6.45, 7) is 0. The molecule has 0 amide bonds. The Kier molecular flexibility index (Phi) is 4.60. The second kappa shape index (κ2) is 7.28. The molecule has 0 radical (unpaired) electrons. The van der Waals surface area contributed by atoms with Crippen LogP contribution in [0.5, 0.6) is 17.2 Å². The Bertz CT molecular complexity index is 1080. The van der Waals surface area contributed by atoms with Crippen LogP contribution in [0.15, 0.2) is 59.0 Å². The number of nitrogens with zero attached hydrogens (tertiary/aromatic N) is 2. The fourth-order valence-electron chi connectivity index (χ4n) is 3.87. The Labute approximate surface area is 178 Å². The van der Waals surface area contributed by atoms with Crippen molar-refractivity contribution < 1.29 is 14.2 Å². The lowest BCUT2D eigenvalue weighted by Crippen LogP contribution is -2.33. The van der Waals surface area contributed by atoms with Crippen LogP contribution in [0.25, 0.3) is 0 Å². The fraction of sp³-hybridized carbons (Fsp3) is 0.227. The molecule has 0 saturated carbocycles. The van der Waals surface area contributed by atoms with E-state index in [2.05, 4.69) is 16.5 Å². The number of ether oxygens (including phenoxy) is 3. The predicted octanol–water partition coefficient (Wildman–Crippen LogP) is 5.66. The molecule has 2 aliphatic heterocycles. The highest BCUT2D eigenvalue weighted by atomic mass is 35.5. The third kappa shape index (κ3) is 3.12. The van der Waals surface area contributed by atoms with Crippen molar-refractivity contribution in [1.82, 2.24) is 5.01 Å². The second-order valence-corrected chi connectivity index (χ2v) is 8.30. The highest BCUT2D eigenvalue weighted by Crippen LogP contribution is 2.49. The predicted molar refractivity (Wildman–Crippen MR) is 114 cm³/mol. The molecule has 1 aromatic heterocycles. The molecule has 3 aromatic rings. The smallest absolute Gasteiger partial charge is 0.222 e. The zero-order valence-corrected chi connectivity index (χ0v) is 17.5. The van der Waals surface area contributed by atoms with E-state index in [-0.39, 0.29) is 12.3 Å². The van der Waals surface area contributed by atoms with Crippen LogP contribution in [-0.4, -0.2) is 24.9 Å². The monoisotopic (exact) mass is 426 g/mol. The number of benzene rings is 2. The maximum Gasteiger partial charge on any atom is 0.222 e. The van der Waals surface area contributed by atoms with Crippen LogP contribution in [0.1, 0.15) is 34.7 Å². The van der Waals surface area contributed by atoms with Crippen LogP contribution < -0.4 is 14.2 Å². The highest BCUT2D eigenvalue weighted by Gasteiger charge is 2.41. The van der Waals surface area contributed by atoms with Crippen molar-refractivity contribution >= 4 is 28.6 Å². The van der Waals surface area contributed by atoms with Gasteiger partial charge in [0.15, 0.2) is 11.5 Å². The van der Waals surface area contributed by atoms with E-state index in [9.17, 15) is 0 Å². The molecule has 5 nitrogen and oxygen atoms in total. The van der Waals surface area contributed by atoms with E-state index >= 15 is 0 Å². The molecule has 0 unspecified atom stereocenters. The molecule has 7 heteroatoms. The molecule has 0 bridgehead atoms. The summed E-state index contributed by atoms with van der Waals surface area (Å²) < 4.78 is 17.2. The zero-order valence-electron chi connectivity index (χ0n) is 16.0. The molecule has 2 aromatic carbocycles. The van der Waals surface area contributed by atoms with Gasteiger partial charge in [-0.2, -0.15) is 5.10 Å². The number of methoxy groups -OCH3 is 2. The number of hydrogen-bond donors (Lipinski definition) is 0. The number of hydrogen-bond acceptors (Lipinski definition) is 6. The highest BCUT2D eigenvalue weighted by molar-refractivity contribution is 7.10. The first kappa shape index (κ1) is 18.3. The van der Waals surface area contributed by atoms with Crippen molar-refractivity contribution in [2.45, 2.75) is 18.7 Å². The summed E-state index contributed by atoms with van der Waals surface area (Å²) in [6, 6.07) is 15.9. The third-order valence-electron chi connectivity index (χ3n) is 5.26. The minimum absolute atomic E-state index is 0.0626. The summed E-state index contributed by atoms with van der Waals surface area (Å²) in [7, 11) is 3.27. The van der Waals surface area contributed by atoms with Gasteiger partial charge in [0.05, 0.1) is 30.9 Å². The Morgan fingerprint density at radius 1 is 1.10 bits per heavy atom. The van der Waals surface area contributed by atoms with Gasteiger partial charge < -0.3 is 14.2 Å². The number of halogens is 1. The van der Waals surface area contributed by atoms with Gasteiger partial charge in [0.25, 0.3) is 0 Å². The fourth-order valence-corrected chi connectivity index (χ4v) is 4.79. The van der Waals surface area contributed by atoms with Gasteiger partial charge in [-0.05, 0) is 47.8 Å². The molecule has 0 fully saturated rings. The number of hydrazone groups is 1. The van der Waals surface area contributed by atoms with Crippen LogP contribution in [0.3, 0.4) is 0 Å². The van der Waals surface area contributed by atoms with Crippen molar-refractivity contribution in [3.05, 3.63) is 74.9 Å². The second-order valence-electron chi connectivity index (χ2n) is 6.88. The van der Waals surface area contributed by atoms with Gasteiger partial charge in [-0.1, -0.05) is 17.7 Å².